The van der Waals surface area contributed by atoms with Crippen LogP contribution in [0.25, 0.3) is 0 Å². The minimum atomic E-state index is 0.578. The van der Waals surface area contributed by atoms with E-state index in [1.54, 1.807) is 13.2 Å². The third kappa shape index (κ3) is 3.64. The Morgan fingerprint density at radius 3 is 2.94 bits per heavy atom. The van der Waals surface area contributed by atoms with Gasteiger partial charge in [0, 0.05) is 13.6 Å². The molecular weight excluding hydrogens is 256 g/mol. The van der Waals surface area contributed by atoms with Crippen LogP contribution in [-0.4, -0.2) is 35.1 Å². The Bertz CT molecular complexity index is 368. The predicted molar refractivity (Wildman–Crippen MR) is 75.1 cm³/mol. The fourth-order valence-electron chi connectivity index (χ4n) is 1.80. The number of hydrogen-bond donors (Lipinski definition) is 2. The smallest absolute Gasteiger partial charge is 0.224 e. The van der Waals surface area contributed by atoms with Gasteiger partial charge in [0.1, 0.15) is 10.8 Å². The lowest BCUT2D eigenvalue weighted by Crippen LogP contribution is -2.20. The molecular formula is C11H17ClN4S. The molecule has 94 valence electrons. The number of hydrogen-bond acceptors (Lipinski definition) is 5. The zero-order chi connectivity index (χ0) is 12.1. The van der Waals surface area contributed by atoms with Gasteiger partial charge in [-0.3, -0.25) is 0 Å². The number of nitrogens with one attached hydrogen (secondary N) is 2. The second kappa shape index (κ2) is 6.31. The van der Waals surface area contributed by atoms with Crippen LogP contribution >= 0.6 is 23.4 Å². The van der Waals surface area contributed by atoms with E-state index in [-0.39, 0.29) is 0 Å². The van der Waals surface area contributed by atoms with Gasteiger partial charge in [-0.15, -0.1) is 0 Å². The molecule has 1 aliphatic heterocycles. The summed E-state index contributed by atoms with van der Waals surface area (Å²) in [5, 5.41) is 6.81. The van der Waals surface area contributed by atoms with Crippen LogP contribution in [0.5, 0.6) is 0 Å². The van der Waals surface area contributed by atoms with E-state index in [0.29, 0.717) is 11.0 Å². The van der Waals surface area contributed by atoms with Crippen molar-refractivity contribution < 1.29 is 0 Å². The maximum atomic E-state index is 6.05. The van der Waals surface area contributed by atoms with Gasteiger partial charge in [0.15, 0.2) is 0 Å². The van der Waals surface area contributed by atoms with Crippen LogP contribution in [-0.2, 0) is 0 Å². The van der Waals surface area contributed by atoms with Crippen molar-refractivity contribution in [3.05, 3.63) is 11.2 Å². The van der Waals surface area contributed by atoms with Gasteiger partial charge in [0.2, 0.25) is 5.95 Å². The molecule has 0 unspecified atom stereocenters. The highest BCUT2D eigenvalue weighted by molar-refractivity contribution is 7.99. The van der Waals surface area contributed by atoms with Gasteiger partial charge in [-0.2, -0.15) is 16.7 Å². The minimum Gasteiger partial charge on any atom is -0.368 e. The summed E-state index contributed by atoms with van der Waals surface area (Å²) in [6.45, 7) is 0.945. The molecule has 1 aliphatic rings. The van der Waals surface area contributed by atoms with Crippen LogP contribution in [0.1, 0.15) is 12.8 Å². The number of anilines is 2. The molecule has 0 saturated carbocycles. The third-order valence-electron chi connectivity index (χ3n) is 2.87. The van der Waals surface area contributed by atoms with Gasteiger partial charge in [-0.1, -0.05) is 11.6 Å². The van der Waals surface area contributed by atoms with Gasteiger partial charge in [-0.05, 0) is 30.3 Å². The monoisotopic (exact) mass is 272 g/mol. The molecule has 1 fully saturated rings. The Morgan fingerprint density at radius 2 is 2.24 bits per heavy atom. The van der Waals surface area contributed by atoms with Crippen LogP contribution in [0.4, 0.5) is 11.8 Å². The number of aromatic nitrogens is 2. The molecule has 0 bridgehead atoms. The molecule has 0 radical (unpaired) electrons. The van der Waals surface area contributed by atoms with E-state index in [4.69, 9.17) is 11.6 Å². The molecule has 1 saturated heterocycles. The Labute approximate surface area is 111 Å². The second-order valence-corrected chi connectivity index (χ2v) is 5.71. The summed E-state index contributed by atoms with van der Waals surface area (Å²) in [5.74, 6) is 4.60. The van der Waals surface area contributed by atoms with E-state index in [9.17, 15) is 0 Å². The number of thioether (sulfide) groups is 1. The number of halogens is 1. The van der Waals surface area contributed by atoms with Crippen molar-refractivity contribution in [3.8, 4) is 0 Å². The summed E-state index contributed by atoms with van der Waals surface area (Å²) in [6, 6.07) is 0. The summed E-state index contributed by atoms with van der Waals surface area (Å²) in [5.41, 5.74) is 0. The van der Waals surface area contributed by atoms with Crippen molar-refractivity contribution in [1.29, 1.82) is 0 Å². The molecule has 0 aromatic carbocycles. The van der Waals surface area contributed by atoms with Crippen molar-refractivity contribution in [1.82, 2.24) is 9.97 Å². The summed E-state index contributed by atoms with van der Waals surface area (Å²) < 4.78 is 0. The molecule has 0 amide bonds. The van der Waals surface area contributed by atoms with Crippen molar-refractivity contribution in [2.45, 2.75) is 12.8 Å². The van der Waals surface area contributed by atoms with Gasteiger partial charge in [0.05, 0.1) is 6.20 Å². The number of nitrogens with zero attached hydrogens (tertiary/aromatic N) is 2. The summed E-state index contributed by atoms with van der Waals surface area (Å²) in [4.78, 5) is 8.36. The van der Waals surface area contributed by atoms with E-state index in [1.165, 1.54) is 24.3 Å². The van der Waals surface area contributed by atoms with Gasteiger partial charge in [-0.25, -0.2) is 4.98 Å². The Hall–Kier alpha value is -0.680. The first-order chi connectivity index (χ1) is 8.29. The molecule has 17 heavy (non-hydrogen) atoms. The molecule has 2 rings (SSSR count). The average molecular weight is 273 g/mol. The molecule has 2 N–H and O–H groups in total. The molecule has 6 heteroatoms. The van der Waals surface area contributed by atoms with Gasteiger partial charge >= 0.3 is 0 Å². The van der Waals surface area contributed by atoms with Crippen LogP contribution < -0.4 is 10.6 Å². The lowest BCUT2D eigenvalue weighted by atomic mass is 10.0. The van der Waals surface area contributed by atoms with E-state index in [1.807, 2.05) is 11.8 Å². The normalized spacial score (nSPS) is 16.8. The standard InChI is InChI=1S/C11H17ClN4S/c1-13-11-15-7-9(12)10(16-11)14-6-8-2-4-17-5-3-8/h7-8H,2-6H2,1H3,(H2,13,14,15,16). The van der Waals surface area contributed by atoms with Crippen LogP contribution in [0.3, 0.4) is 0 Å². The SMILES string of the molecule is CNc1ncc(Cl)c(NCC2CCSCC2)n1. The van der Waals surface area contributed by atoms with Gasteiger partial charge < -0.3 is 10.6 Å². The molecule has 0 atom stereocenters. The minimum absolute atomic E-state index is 0.578. The lowest BCUT2D eigenvalue weighted by Gasteiger charge is -2.22. The van der Waals surface area contributed by atoms with Crippen molar-refractivity contribution >= 4 is 35.1 Å². The Morgan fingerprint density at radius 1 is 1.47 bits per heavy atom. The van der Waals surface area contributed by atoms with Crippen LogP contribution in [0.15, 0.2) is 6.20 Å². The highest BCUT2D eigenvalue weighted by Crippen LogP contribution is 2.24. The van der Waals surface area contributed by atoms with Crippen molar-refractivity contribution in [3.63, 3.8) is 0 Å². The molecule has 2 heterocycles. The topological polar surface area (TPSA) is 49.8 Å². The first-order valence-corrected chi connectivity index (χ1v) is 7.34. The van der Waals surface area contributed by atoms with E-state index < -0.39 is 0 Å². The second-order valence-electron chi connectivity index (χ2n) is 4.08. The highest BCUT2D eigenvalue weighted by Gasteiger charge is 2.14. The highest BCUT2D eigenvalue weighted by atomic mass is 35.5. The molecule has 1 aromatic rings. The largest absolute Gasteiger partial charge is 0.368 e. The zero-order valence-corrected chi connectivity index (χ0v) is 11.4. The fraction of sp³-hybridized carbons (Fsp3) is 0.636. The maximum Gasteiger partial charge on any atom is 0.224 e. The molecule has 0 aliphatic carbocycles. The predicted octanol–water partition coefficient (Wildman–Crippen LogP) is 2.73. The van der Waals surface area contributed by atoms with E-state index in [0.717, 1.165) is 18.3 Å². The first-order valence-electron chi connectivity index (χ1n) is 5.81. The van der Waals surface area contributed by atoms with Crippen LogP contribution in [0, 0.1) is 5.92 Å². The maximum absolute atomic E-state index is 6.05. The summed E-state index contributed by atoms with van der Waals surface area (Å²) in [6.07, 6.45) is 4.18. The quantitative estimate of drug-likeness (QED) is 0.883. The fourth-order valence-corrected chi connectivity index (χ4v) is 3.17. The number of rotatable bonds is 4. The van der Waals surface area contributed by atoms with Gasteiger partial charge in [0.25, 0.3) is 0 Å². The lowest BCUT2D eigenvalue weighted by molar-refractivity contribution is 0.515. The molecule has 4 nitrogen and oxygen atoms in total. The van der Waals surface area contributed by atoms with Crippen molar-refractivity contribution in [2.24, 2.45) is 5.92 Å². The van der Waals surface area contributed by atoms with Crippen LogP contribution in [0.2, 0.25) is 5.02 Å². The molecule has 1 aromatic heterocycles. The average Bonchev–Trinajstić information content (AvgIpc) is 2.39. The van der Waals surface area contributed by atoms with E-state index >= 15 is 0 Å². The molecule has 0 spiro atoms. The summed E-state index contributed by atoms with van der Waals surface area (Å²) >= 11 is 8.09. The van der Waals surface area contributed by atoms with E-state index in [2.05, 4.69) is 20.6 Å². The summed E-state index contributed by atoms with van der Waals surface area (Å²) in [7, 11) is 1.80. The Kier molecular flexibility index (Phi) is 4.74. The van der Waals surface area contributed by atoms with Crippen molar-refractivity contribution in [2.75, 3.05) is 35.7 Å². The Balaban J connectivity index is 1.92. The third-order valence-corrected chi connectivity index (χ3v) is 4.19. The zero-order valence-electron chi connectivity index (χ0n) is 9.87. The first kappa shape index (κ1) is 12.8.